The Morgan fingerprint density at radius 2 is 1.86 bits per heavy atom. The van der Waals surface area contributed by atoms with Crippen molar-refractivity contribution in [2.24, 2.45) is 0 Å². The van der Waals surface area contributed by atoms with Gasteiger partial charge in [-0.25, -0.2) is 0 Å². The molecule has 0 saturated carbocycles. The van der Waals surface area contributed by atoms with E-state index in [9.17, 15) is 0 Å². The molecule has 1 aromatic rings. The van der Waals surface area contributed by atoms with E-state index >= 15 is 0 Å². The number of rotatable bonds is 5. The van der Waals surface area contributed by atoms with Gasteiger partial charge in [0.2, 0.25) is 0 Å². The molecule has 0 fully saturated rings. The van der Waals surface area contributed by atoms with Crippen molar-refractivity contribution in [3.8, 4) is 5.75 Å². The molecule has 0 atom stereocenters. The van der Waals surface area contributed by atoms with Gasteiger partial charge in [-0.15, -0.1) is 0 Å². The molecule has 0 spiro atoms. The van der Waals surface area contributed by atoms with Crippen LogP contribution < -0.4 is 4.74 Å². The summed E-state index contributed by atoms with van der Waals surface area (Å²) in [5, 5.41) is 0. The van der Waals surface area contributed by atoms with E-state index in [-0.39, 0.29) is 0 Å². The van der Waals surface area contributed by atoms with Crippen LogP contribution in [0.15, 0.2) is 36.4 Å². The number of aryl methyl sites for hydroxylation is 1. The normalized spacial score (nSPS) is 10.7. The maximum absolute atomic E-state index is 5.56. The van der Waals surface area contributed by atoms with Gasteiger partial charge in [-0.2, -0.15) is 0 Å². The monoisotopic (exact) mass is 190 g/mol. The van der Waals surface area contributed by atoms with Gasteiger partial charge in [0.15, 0.2) is 0 Å². The SMILES string of the molecule is CCC=CCCOc1ccc(C)cc1. The Bertz CT molecular complexity index is 272. The van der Waals surface area contributed by atoms with Gasteiger partial charge in [0.05, 0.1) is 6.61 Å². The van der Waals surface area contributed by atoms with Crippen LogP contribution in [0.2, 0.25) is 0 Å². The van der Waals surface area contributed by atoms with Gasteiger partial charge in [-0.1, -0.05) is 36.8 Å². The first-order valence-corrected chi connectivity index (χ1v) is 5.17. The van der Waals surface area contributed by atoms with E-state index in [1.54, 1.807) is 0 Å². The summed E-state index contributed by atoms with van der Waals surface area (Å²) in [6.45, 7) is 4.98. The van der Waals surface area contributed by atoms with E-state index < -0.39 is 0 Å². The molecule has 1 heteroatoms. The second-order valence-electron chi connectivity index (χ2n) is 3.33. The molecule has 0 radical (unpaired) electrons. The van der Waals surface area contributed by atoms with Gasteiger partial charge in [0, 0.05) is 0 Å². The molecule has 0 heterocycles. The number of hydrogen-bond acceptors (Lipinski definition) is 1. The van der Waals surface area contributed by atoms with Crippen molar-refractivity contribution in [1.29, 1.82) is 0 Å². The summed E-state index contributed by atoms with van der Waals surface area (Å²) in [4.78, 5) is 0. The number of allylic oxidation sites excluding steroid dienone is 1. The Kier molecular flexibility index (Phi) is 4.84. The predicted octanol–water partition coefficient (Wildman–Crippen LogP) is 3.73. The quantitative estimate of drug-likeness (QED) is 0.508. The third-order valence-electron chi connectivity index (χ3n) is 1.98. The molecule has 1 rings (SSSR count). The minimum atomic E-state index is 0.763. The van der Waals surface area contributed by atoms with Crippen molar-refractivity contribution in [2.45, 2.75) is 26.7 Å². The van der Waals surface area contributed by atoms with E-state index in [0.29, 0.717) is 0 Å². The molecule has 0 unspecified atom stereocenters. The molecule has 0 amide bonds. The molecule has 0 aliphatic carbocycles. The molecule has 0 aliphatic heterocycles. The van der Waals surface area contributed by atoms with Crippen LogP contribution in [-0.2, 0) is 0 Å². The summed E-state index contributed by atoms with van der Waals surface area (Å²) in [7, 11) is 0. The van der Waals surface area contributed by atoms with Crippen LogP contribution in [0.25, 0.3) is 0 Å². The molecule has 0 bridgehead atoms. The number of ether oxygens (including phenoxy) is 1. The lowest BCUT2D eigenvalue weighted by atomic mass is 10.2. The summed E-state index contributed by atoms with van der Waals surface area (Å²) in [6.07, 6.45) is 6.42. The van der Waals surface area contributed by atoms with Crippen LogP contribution in [-0.4, -0.2) is 6.61 Å². The molecular weight excluding hydrogens is 172 g/mol. The van der Waals surface area contributed by atoms with Crippen LogP contribution in [0.3, 0.4) is 0 Å². The third kappa shape index (κ3) is 4.13. The lowest BCUT2D eigenvalue weighted by Gasteiger charge is -2.03. The average molecular weight is 190 g/mol. The second kappa shape index (κ2) is 6.25. The summed E-state index contributed by atoms with van der Waals surface area (Å²) >= 11 is 0. The Balaban J connectivity index is 2.25. The van der Waals surface area contributed by atoms with Crippen molar-refractivity contribution in [3.63, 3.8) is 0 Å². The summed E-state index contributed by atoms with van der Waals surface area (Å²) in [5.41, 5.74) is 1.27. The molecule has 76 valence electrons. The van der Waals surface area contributed by atoms with Crippen molar-refractivity contribution in [2.75, 3.05) is 6.61 Å². The first-order valence-electron chi connectivity index (χ1n) is 5.17. The molecule has 14 heavy (non-hydrogen) atoms. The predicted molar refractivity (Wildman–Crippen MR) is 60.7 cm³/mol. The van der Waals surface area contributed by atoms with Crippen molar-refractivity contribution in [1.82, 2.24) is 0 Å². The standard InChI is InChI=1S/C13H18O/c1-3-4-5-6-11-14-13-9-7-12(2)8-10-13/h4-5,7-10H,3,6,11H2,1-2H3. The minimum Gasteiger partial charge on any atom is -0.493 e. The van der Waals surface area contributed by atoms with Crippen LogP contribution in [0.1, 0.15) is 25.3 Å². The smallest absolute Gasteiger partial charge is 0.119 e. The fraction of sp³-hybridized carbons (Fsp3) is 0.385. The van der Waals surface area contributed by atoms with Gasteiger partial charge >= 0.3 is 0 Å². The lowest BCUT2D eigenvalue weighted by molar-refractivity contribution is 0.325. The summed E-state index contributed by atoms with van der Waals surface area (Å²) in [6, 6.07) is 8.16. The molecule has 1 nitrogen and oxygen atoms in total. The van der Waals surface area contributed by atoms with Crippen LogP contribution in [0.4, 0.5) is 0 Å². The summed E-state index contributed by atoms with van der Waals surface area (Å²) < 4.78 is 5.56. The first-order chi connectivity index (χ1) is 6.83. The Morgan fingerprint density at radius 1 is 1.14 bits per heavy atom. The molecule has 0 saturated heterocycles. The Labute approximate surface area is 86.4 Å². The maximum atomic E-state index is 5.56. The minimum absolute atomic E-state index is 0.763. The van der Waals surface area contributed by atoms with Gasteiger partial charge in [0.1, 0.15) is 5.75 Å². The highest BCUT2D eigenvalue weighted by Crippen LogP contribution is 2.11. The van der Waals surface area contributed by atoms with E-state index in [1.807, 2.05) is 12.1 Å². The van der Waals surface area contributed by atoms with Crippen molar-refractivity contribution < 1.29 is 4.74 Å². The van der Waals surface area contributed by atoms with E-state index in [0.717, 1.165) is 25.2 Å². The first kappa shape index (κ1) is 10.8. The topological polar surface area (TPSA) is 9.23 Å². The third-order valence-corrected chi connectivity index (χ3v) is 1.98. The molecule has 0 aliphatic rings. The summed E-state index contributed by atoms with van der Waals surface area (Å²) in [5.74, 6) is 0.959. The highest BCUT2D eigenvalue weighted by atomic mass is 16.5. The number of hydrogen-bond donors (Lipinski definition) is 0. The van der Waals surface area contributed by atoms with Gasteiger partial charge in [0.25, 0.3) is 0 Å². The van der Waals surface area contributed by atoms with Gasteiger partial charge in [-0.3, -0.25) is 0 Å². The Morgan fingerprint density at radius 3 is 2.50 bits per heavy atom. The fourth-order valence-electron chi connectivity index (χ4n) is 1.16. The molecule has 0 N–H and O–H groups in total. The highest BCUT2D eigenvalue weighted by molar-refractivity contribution is 5.26. The zero-order valence-corrected chi connectivity index (χ0v) is 8.99. The zero-order chi connectivity index (χ0) is 10.2. The van der Waals surface area contributed by atoms with E-state index in [1.165, 1.54) is 5.56 Å². The van der Waals surface area contributed by atoms with E-state index in [2.05, 4.69) is 38.1 Å². The van der Waals surface area contributed by atoms with Crippen molar-refractivity contribution in [3.05, 3.63) is 42.0 Å². The van der Waals surface area contributed by atoms with Gasteiger partial charge < -0.3 is 4.74 Å². The van der Waals surface area contributed by atoms with Crippen LogP contribution >= 0.6 is 0 Å². The highest BCUT2D eigenvalue weighted by Gasteiger charge is 1.90. The number of benzene rings is 1. The van der Waals surface area contributed by atoms with Gasteiger partial charge in [-0.05, 0) is 31.9 Å². The van der Waals surface area contributed by atoms with Crippen LogP contribution in [0.5, 0.6) is 5.75 Å². The van der Waals surface area contributed by atoms with Crippen LogP contribution in [0, 0.1) is 6.92 Å². The fourth-order valence-corrected chi connectivity index (χ4v) is 1.16. The molecule has 0 aromatic heterocycles. The maximum Gasteiger partial charge on any atom is 0.119 e. The second-order valence-corrected chi connectivity index (χ2v) is 3.33. The lowest BCUT2D eigenvalue weighted by Crippen LogP contribution is -1.95. The van der Waals surface area contributed by atoms with E-state index in [4.69, 9.17) is 4.74 Å². The van der Waals surface area contributed by atoms with Crippen molar-refractivity contribution >= 4 is 0 Å². The molecule has 1 aromatic carbocycles. The molecular formula is C13H18O. The zero-order valence-electron chi connectivity index (χ0n) is 8.99. The average Bonchev–Trinajstić information content (AvgIpc) is 2.21. The Hall–Kier alpha value is -1.24. The largest absolute Gasteiger partial charge is 0.493 e.